The van der Waals surface area contributed by atoms with Crippen LogP contribution in [-0.4, -0.2) is 25.8 Å². The number of anilines is 1. The van der Waals surface area contributed by atoms with Crippen LogP contribution >= 0.6 is 15.9 Å². The first-order valence-electron chi connectivity index (χ1n) is 6.19. The van der Waals surface area contributed by atoms with E-state index in [0.29, 0.717) is 33.7 Å². The van der Waals surface area contributed by atoms with E-state index in [1.165, 1.54) is 0 Å². The van der Waals surface area contributed by atoms with Crippen molar-refractivity contribution in [3.05, 3.63) is 22.2 Å². The van der Waals surface area contributed by atoms with E-state index < -0.39 is 10.0 Å². The van der Waals surface area contributed by atoms with Gasteiger partial charge in [-0.15, -0.1) is 0 Å². The molecule has 6 heteroatoms. The van der Waals surface area contributed by atoms with Gasteiger partial charge in [0.15, 0.2) is 0 Å². The molecule has 0 saturated carbocycles. The van der Waals surface area contributed by atoms with Crippen LogP contribution in [0.1, 0.15) is 25.8 Å². The van der Waals surface area contributed by atoms with Crippen LogP contribution < -0.4 is 5.73 Å². The fourth-order valence-corrected chi connectivity index (χ4v) is 4.89. The standard InChI is InChI=1S/C13H19BrN2O2S/c1-9-11(15)6-10(14)7-12(9)19(17,18)16-5-4-13(2,3)8-16/h6-7H,4-5,8,15H2,1-3H3. The average molecular weight is 347 g/mol. The Kier molecular flexibility index (Phi) is 3.70. The Labute approximate surface area is 123 Å². The summed E-state index contributed by atoms with van der Waals surface area (Å²) >= 11 is 3.31. The molecule has 0 bridgehead atoms. The maximum absolute atomic E-state index is 12.7. The van der Waals surface area contributed by atoms with Crippen molar-refractivity contribution in [3.63, 3.8) is 0 Å². The normalized spacial score (nSPS) is 19.8. The second-order valence-corrected chi connectivity index (χ2v) is 8.69. The number of rotatable bonds is 2. The zero-order valence-electron chi connectivity index (χ0n) is 11.4. The lowest BCUT2D eigenvalue weighted by atomic mass is 9.93. The van der Waals surface area contributed by atoms with Gasteiger partial charge >= 0.3 is 0 Å². The molecule has 0 aromatic heterocycles. The molecule has 2 rings (SSSR count). The highest BCUT2D eigenvalue weighted by atomic mass is 79.9. The zero-order chi connectivity index (χ0) is 14.4. The van der Waals surface area contributed by atoms with Crippen molar-refractivity contribution in [2.75, 3.05) is 18.8 Å². The highest BCUT2D eigenvalue weighted by Gasteiger charge is 2.37. The minimum absolute atomic E-state index is 0.0402. The summed E-state index contributed by atoms with van der Waals surface area (Å²) in [5, 5.41) is 0. The number of nitrogens with zero attached hydrogens (tertiary/aromatic N) is 1. The van der Waals surface area contributed by atoms with E-state index in [1.54, 1.807) is 23.4 Å². The lowest BCUT2D eigenvalue weighted by Crippen LogP contribution is -2.31. The predicted octanol–water partition coefficient (Wildman–Crippen LogP) is 2.76. The average Bonchev–Trinajstić information content (AvgIpc) is 2.64. The van der Waals surface area contributed by atoms with Crippen molar-refractivity contribution < 1.29 is 8.42 Å². The lowest BCUT2D eigenvalue weighted by Gasteiger charge is -2.21. The van der Waals surface area contributed by atoms with Crippen molar-refractivity contribution in [2.24, 2.45) is 5.41 Å². The fourth-order valence-electron chi connectivity index (χ4n) is 2.35. The second-order valence-electron chi connectivity index (χ2n) is 5.87. The Balaban J connectivity index is 2.47. The van der Waals surface area contributed by atoms with Gasteiger partial charge in [-0.2, -0.15) is 4.31 Å². The van der Waals surface area contributed by atoms with Crippen molar-refractivity contribution >= 4 is 31.6 Å². The largest absolute Gasteiger partial charge is 0.398 e. The summed E-state index contributed by atoms with van der Waals surface area (Å²) in [6, 6.07) is 3.36. The highest BCUT2D eigenvalue weighted by Crippen LogP contribution is 2.35. The summed E-state index contributed by atoms with van der Waals surface area (Å²) in [5.74, 6) is 0. The van der Waals surface area contributed by atoms with Gasteiger partial charge in [-0.05, 0) is 36.5 Å². The molecule has 0 spiro atoms. The van der Waals surface area contributed by atoms with Crippen LogP contribution in [0.3, 0.4) is 0 Å². The van der Waals surface area contributed by atoms with Crippen molar-refractivity contribution in [1.82, 2.24) is 4.31 Å². The molecule has 4 nitrogen and oxygen atoms in total. The van der Waals surface area contributed by atoms with E-state index >= 15 is 0 Å². The van der Waals surface area contributed by atoms with Crippen LogP contribution in [0.2, 0.25) is 0 Å². The van der Waals surface area contributed by atoms with Gasteiger partial charge in [0.05, 0.1) is 4.90 Å². The predicted molar refractivity (Wildman–Crippen MR) is 80.4 cm³/mol. The van der Waals surface area contributed by atoms with Gasteiger partial charge in [-0.3, -0.25) is 0 Å². The summed E-state index contributed by atoms with van der Waals surface area (Å²) in [7, 11) is -3.46. The minimum Gasteiger partial charge on any atom is -0.398 e. The zero-order valence-corrected chi connectivity index (χ0v) is 13.8. The van der Waals surface area contributed by atoms with E-state index in [0.717, 1.165) is 6.42 Å². The molecule has 2 N–H and O–H groups in total. The summed E-state index contributed by atoms with van der Waals surface area (Å²) in [5.41, 5.74) is 7.01. The molecular formula is C13H19BrN2O2S. The number of nitrogen functional groups attached to an aromatic ring is 1. The van der Waals surface area contributed by atoms with Crippen LogP contribution in [0.25, 0.3) is 0 Å². The number of nitrogens with two attached hydrogens (primary N) is 1. The van der Waals surface area contributed by atoms with Gasteiger partial charge < -0.3 is 5.73 Å². The smallest absolute Gasteiger partial charge is 0.243 e. The first-order valence-corrected chi connectivity index (χ1v) is 8.43. The van der Waals surface area contributed by atoms with Crippen molar-refractivity contribution in [1.29, 1.82) is 0 Å². The molecular weight excluding hydrogens is 328 g/mol. The monoisotopic (exact) mass is 346 g/mol. The van der Waals surface area contributed by atoms with E-state index in [4.69, 9.17) is 5.73 Å². The van der Waals surface area contributed by atoms with Crippen molar-refractivity contribution in [3.8, 4) is 0 Å². The summed E-state index contributed by atoms with van der Waals surface area (Å²) in [6.45, 7) is 7.05. The maximum atomic E-state index is 12.7. The molecule has 1 saturated heterocycles. The van der Waals surface area contributed by atoms with Crippen LogP contribution in [0.5, 0.6) is 0 Å². The van der Waals surface area contributed by atoms with Crippen LogP contribution in [0.4, 0.5) is 5.69 Å². The highest BCUT2D eigenvalue weighted by molar-refractivity contribution is 9.10. The molecule has 1 aliphatic rings. The van der Waals surface area contributed by atoms with Gasteiger partial charge in [-0.1, -0.05) is 29.8 Å². The Hall–Kier alpha value is -0.590. The maximum Gasteiger partial charge on any atom is 0.243 e. The molecule has 1 heterocycles. The van der Waals surface area contributed by atoms with E-state index in [2.05, 4.69) is 29.8 Å². The van der Waals surface area contributed by atoms with E-state index in [9.17, 15) is 8.42 Å². The first kappa shape index (κ1) is 14.8. The molecule has 0 aliphatic carbocycles. The molecule has 106 valence electrons. The van der Waals surface area contributed by atoms with Gasteiger partial charge in [0, 0.05) is 23.2 Å². The van der Waals surface area contributed by atoms with E-state index in [1.807, 2.05) is 0 Å². The molecule has 0 atom stereocenters. The number of benzene rings is 1. The lowest BCUT2D eigenvalue weighted by molar-refractivity contribution is 0.375. The van der Waals surface area contributed by atoms with Gasteiger partial charge in [0.25, 0.3) is 0 Å². The molecule has 1 aliphatic heterocycles. The van der Waals surface area contributed by atoms with E-state index in [-0.39, 0.29) is 5.41 Å². The summed E-state index contributed by atoms with van der Waals surface area (Å²) in [6.07, 6.45) is 0.884. The molecule has 1 aromatic rings. The molecule has 0 amide bonds. The number of sulfonamides is 1. The third kappa shape index (κ3) is 2.80. The Morgan fingerprint density at radius 3 is 2.53 bits per heavy atom. The molecule has 1 fully saturated rings. The van der Waals surface area contributed by atoms with Crippen LogP contribution in [0, 0.1) is 12.3 Å². The first-order chi connectivity index (χ1) is 8.63. The number of hydrogen-bond acceptors (Lipinski definition) is 3. The Bertz CT molecular complexity index is 611. The number of halogens is 1. The number of hydrogen-bond donors (Lipinski definition) is 1. The third-order valence-electron chi connectivity index (χ3n) is 3.63. The van der Waals surface area contributed by atoms with Crippen LogP contribution in [-0.2, 0) is 10.0 Å². The molecule has 1 aromatic carbocycles. The second kappa shape index (κ2) is 4.75. The molecule has 0 radical (unpaired) electrons. The van der Waals surface area contributed by atoms with Gasteiger partial charge in [0.1, 0.15) is 0 Å². The Morgan fingerprint density at radius 1 is 1.37 bits per heavy atom. The van der Waals surface area contributed by atoms with Gasteiger partial charge in [-0.25, -0.2) is 8.42 Å². The molecule has 19 heavy (non-hydrogen) atoms. The van der Waals surface area contributed by atoms with Crippen LogP contribution in [0.15, 0.2) is 21.5 Å². The topological polar surface area (TPSA) is 63.4 Å². The van der Waals surface area contributed by atoms with Crippen molar-refractivity contribution in [2.45, 2.75) is 32.1 Å². The quantitative estimate of drug-likeness (QED) is 0.837. The summed E-state index contributed by atoms with van der Waals surface area (Å²) < 4.78 is 27.6. The molecule has 0 unspecified atom stereocenters. The SMILES string of the molecule is Cc1c(N)cc(Br)cc1S(=O)(=O)N1CCC(C)(C)C1. The minimum atomic E-state index is -3.46. The summed E-state index contributed by atoms with van der Waals surface area (Å²) in [4.78, 5) is 0.303. The fraction of sp³-hybridized carbons (Fsp3) is 0.538. The third-order valence-corrected chi connectivity index (χ3v) is 6.05. The Morgan fingerprint density at radius 2 is 2.00 bits per heavy atom. The van der Waals surface area contributed by atoms with Gasteiger partial charge in [0.2, 0.25) is 10.0 Å².